The molecule has 2 rings (SSSR count). The van der Waals surface area contributed by atoms with Crippen molar-refractivity contribution in [1.82, 2.24) is 4.90 Å². The molecule has 96 valence electrons. The van der Waals surface area contributed by atoms with Crippen LogP contribution in [0.3, 0.4) is 0 Å². The molecular formula is C15H20N2O. The largest absolute Gasteiger partial charge is 0.493 e. The van der Waals surface area contributed by atoms with E-state index < -0.39 is 5.41 Å². The van der Waals surface area contributed by atoms with E-state index in [9.17, 15) is 5.26 Å². The van der Waals surface area contributed by atoms with Crippen molar-refractivity contribution in [3.05, 3.63) is 29.8 Å². The molecule has 0 N–H and O–H groups in total. The summed E-state index contributed by atoms with van der Waals surface area (Å²) < 4.78 is 5.75. The van der Waals surface area contributed by atoms with Crippen LogP contribution in [0.5, 0.6) is 5.75 Å². The van der Waals surface area contributed by atoms with Crippen molar-refractivity contribution >= 4 is 0 Å². The Hall–Kier alpha value is -1.53. The number of nitrogens with zero attached hydrogens (tertiary/aromatic N) is 2. The summed E-state index contributed by atoms with van der Waals surface area (Å²) in [7, 11) is 4.09. The molecule has 1 heterocycles. The highest BCUT2D eigenvalue weighted by atomic mass is 16.5. The van der Waals surface area contributed by atoms with E-state index in [-0.39, 0.29) is 0 Å². The Labute approximate surface area is 109 Å². The number of hydrogen-bond donors (Lipinski definition) is 0. The molecule has 0 amide bonds. The highest BCUT2D eigenvalue weighted by Gasteiger charge is 2.36. The summed E-state index contributed by atoms with van der Waals surface area (Å²) in [5.74, 6) is 0.885. The Balaban J connectivity index is 2.37. The number of benzene rings is 1. The molecule has 0 radical (unpaired) electrons. The number of ether oxygens (including phenoxy) is 1. The minimum atomic E-state index is -0.392. The quantitative estimate of drug-likeness (QED) is 0.820. The predicted octanol–water partition coefficient (Wildman–Crippen LogP) is 2.57. The fraction of sp³-hybridized carbons (Fsp3) is 0.533. The van der Waals surface area contributed by atoms with Crippen LogP contribution in [0.25, 0.3) is 0 Å². The predicted molar refractivity (Wildman–Crippen MR) is 71.6 cm³/mol. The van der Waals surface area contributed by atoms with E-state index in [4.69, 9.17) is 4.74 Å². The Morgan fingerprint density at radius 2 is 2.17 bits per heavy atom. The second-order valence-corrected chi connectivity index (χ2v) is 5.20. The Kier molecular flexibility index (Phi) is 3.88. The van der Waals surface area contributed by atoms with Gasteiger partial charge in [0.15, 0.2) is 0 Å². The van der Waals surface area contributed by atoms with Gasteiger partial charge in [-0.2, -0.15) is 5.26 Å². The molecule has 1 unspecified atom stereocenters. The molecule has 0 bridgehead atoms. The molecule has 18 heavy (non-hydrogen) atoms. The van der Waals surface area contributed by atoms with E-state index >= 15 is 0 Å². The molecule has 3 heteroatoms. The maximum Gasteiger partial charge on any atom is 0.124 e. The summed E-state index contributed by atoms with van der Waals surface area (Å²) in [6, 6.07) is 10.5. The molecule has 3 nitrogen and oxygen atoms in total. The molecule has 0 aromatic heterocycles. The molecule has 1 atom stereocenters. The molecule has 1 aliphatic heterocycles. The summed E-state index contributed by atoms with van der Waals surface area (Å²) in [6.45, 7) is 1.63. The van der Waals surface area contributed by atoms with Gasteiger partial charge in [-0.05, 0) is 46.0 Å². The van der Waals surface area contributed by atoms with E-state index in [1.807, 2.05) is 38.4 Å². The van der Waals surface area contributed by atoms with Crippen molar-refractivity contribution in [3.8, 4) is 11.8 Å². The highest BCUT2D eigenvalue weighted by molar-refractivity contribution is 5.44. The maximum atomic E-state index is 9.70. The smallest absolute Gasteiger partial charge is 0.124 e. The molecule has 1 aromatic rings. The topological polar surface area (TPSA) is 36.3 Å². The lowest BCUT2D eigenvalue weighted by molar-refractivity contribution is 0.309. The van der Waals surface area contributed by atoms with Crippen molar-refractivity contribution < 1.29 is 4.74 Å². The van der Waals surface area contributed by atoms with Gasteiger partial charge < -0.3 is 9.64 Å². The van der Waals surface area contributed by atoms with Crippen LogP contribution in [0.2, 0.25) is 0 Å². The summed E-state index contributed by atoms with van der Waals surface area (Å²) in [5.41, 5.74) is 0.670. The van der Waals surface area contributed by atoms with Crippen LogP contribution in [0.4, 0.5) is 0 Å². The zero-order valence-electron chi connectivity index (χ0n) is 11.1. The Morgan fingerprint density at radius 1 is 1.39 bits per heavy atom. The molecular weight excluding hydrogens is 224 g/mol. The minimum absolute atomic E-state index is 0.392. The first kappa shape index (κ1) is 12.9. The van der Waals surface area contributed by atoms with Crippen LogP contribution in [0.15, 0.2) is 24.3 Å². The first-order chi connectivity index (χ1) is 8.68. The second kappa shape index (κ2) is 5.41. The van der Waals surface area contributed by atoms with Crippen LogP contribution in [-0.2, 0) is 5.41 Å². The second-order valence-electron chi connectivity index (χ2n) is 5.20. The SMILES string of the molecule is CN(C)CCC1(C#N)CCCOc2ccccc21. The average molecular weight is 244 g/mol. The lowest BCUT2D eigenvalue weighted by atomic mass is 9.75. The van der Waals surface area contributed by atoms with Crippen molar-refractivity contribution in [1.29, 1.82) is 5.26 Å². The van der Waals surface area contributed by atoms with E-state index in [0.717, 1.165) is 37.1 Å². The van der Waals surface area contributed by atoms with Gasteiger partial charge in [0.25, 0.3) is 0 Å². The minimum Gasteiger partial charge on any atom is -0.493 e. The fourth-order valence-corrected chi connectivity index (χ4v) is 2.52. The van der Waals surface area contributed by atoms with Gasteiger partial charge in [-0.3, -0.25) is 0 Å². The van der Waals surface area contributed by atoms with Gasteiger partial charge in [0.2, 0.25) is 0 Å². The van der Waals surface area contributed by atoms with E-state index in [2.05, 4.69) is 11.0 Å². The monoisotopic (exact) mass is 244 g/mol. The van der Waals surface area contributed by atoms with Crippen LogP contribution in [-0.4, -0.2) is 32.1 Å². The average Bonchev–Trinajstić information content (AvgIpc) is 2.57. The van der Waals surface area contributed by atoms with Crippen molar-refractivity contribution in [2.75, 3.05) is 27.2 Å². The van der Waals surface area contributed by atoms with Crippen molar-refractivity contribution in [2.45, 2.75) is 24.7 Å². The van der Waals surface area contributed by atoms with Gasteiger partial charge in [-0.25, -0.2) is 0 Å². The molecule has 1 aromatic carbocycles. The van der Waals surface area contributed by atoms with Gasteiger partial charge in [0, 0.05) is 5.56 Å². The molecule has 0 spiro atoms. The van der Waals surface area contributed by atoms with Crippen LogP contribution >= 0.6 is 0 Å². The van der Waals surface area contributed by atoms with Crippen molar-refractivity contribution in [2.24, 2.45) is 0 Å². The summed E-state index contributed by atoms with van der Waals surface area (Å²) in [5, 5.41) is 9.70. The maximum absolute atomic E-state index is 9.70. The first-order valence-electron chi connectivity index (χ1n) is 6.46. The number of fused-ring (bicyclic) bond motifs is 1. The molecule has 0 saturated carbocycles. The van der Waals surface area contributed by atoms with Crippen molar-refractivity contribution in [3.63, 3.8) is 0 Å². The number of nitriles is 1. The van der Waals surface area contributed by atoms with Crippen LogP contribution in [0, 0.1) is 11.3 Å². The van der Waals surface area contributed by atoms with E-state index in [0.29, 0.717) is 6.61 Å². The number of hydrogen-bond acceptors (Lipinski definition) is 3. The van der Waals surface area contributed by atoms with Gasteiger partial charge >= 0.3 is 0 Å². The van der Waals surface area contributed by atoms with Gasteiger partial charge in [0.05, 0.1) is 18.1 Å². The highest BCUT2D eigenvalue weighted by Crippen LogP contribution is 2.40. The van der Waals surface area contributed by atoms with Gasteiger partial charge in [0.1, 0.15) is 5.75 Å². The molecule has 1 aliphatic rings. The summed E-state index contributed by atoms with van der Waals surface area (Å²) >= 11 is 0. The third kappa shape index (κ3) is 2.49. The third-order valence-corrected chi connectivity index (χ3v) is 3.61. The zero-order valence-corrected chi connectivity index (χ0v) is 11.1. The first-order valence-corrected chi connectivity index (χ1v) is 6.46. The molecule has 0 aliphatic carbocycles. The normalized spacial score (nSPS) is 22.8. The Morgan fingerprint density at radius 3 is 2.89 bits per heavy atom. The van der Waals surface area contributed by atoms with Gasteiger partial charge in [-0.1, -0.05) is 18.2 Å². The standard InChI is InChI=1S/C15H20N2O/c1-17(2)10-9-15(12-16)8-5-11-18-14-7-4-3-6-13(14)15/h3-4,6-7H,5,8-11H2,1-2H3. The van der Waals surface area contributed by atoms with Crippen LogP contribution < -0.4 is 4.74 Å². The number of para-hydroxylation sites is 1. The number of rotatable bonds is 3. The third-order valence-electron chi connectivity index (χ3n) is 3.61. The zero-order chi connectivity index (χ0) is 13.0. The van der Waals surface area contributed by atoms with Crippen LogP contribution in [0.1, 0.15) is 24.8 Å². The molecule has 0 fully saturated rings. The molecule has 0 saturated heterocycles. The lowest BCUT2D eigenvalue weighted by Crippen LogP contribution is -2.29. The fourth-order valence-electron chi connectivity index (χ4n) is 2.52. The van der Waals surface area contributed by atoms with E-state index in [1.165, 1.54) is 0 Å². The lowest BCUT2D eigenvalue weighted by Gasteiger charge is -2.27. The summed E-state index contributed by atoms with van der Waals surface area (Å²) in [6.07, 6.45) is 2.68. The Bertz CT molecular complexity index is 450. The van der Waals surface area contributed by atoms with E-state index in [1.54, 1.807) is 0 Å². The summed E-state index contributed by atoms with van der Waals surface area (Å²) in [4.78, 5) is 2.13. The van der Waals surface area contributed by atoms with Gasteiger partial charge in [-0.15, -0.1) is 0 Å².